The van der Waals surface area contributed by atoms with E-state index in [0.29, 0.717) is 40.5 Å². The molecule has 30 heavy (non-hydrogen) atoms. The normalized spacial score (nSPS) is 23.8. The molecule has 9 nitrogen and oxygen atoms in total. The predicted octanol–water partition coefficient (Wildman–Crippen LogP) is 1.99. The van der Waals surface area contributed by atoms with Crippen LogP contribution in [0.3, 0.4) is 0 Å². The van der Waals surface area contributed by atoms with Gasteiger partial charge in [0, 0.05) is 36.8 Å². The van der Waals surface area contributed by atoms with Gasteiger partial charge in [-0.2, -0.15) is 4.98 Å². The van der Waals surface area contributed by atoms with E-state index in [0.717, 1.165) is 32.4 Å². The Morgan fingerprint density at radius 3 is 2.97 bits per heavy atom. The highest BCUT2D eigenvalue weighted by Crippen LogP contribution is 2.35. The van der Waals surface area contributed by atoms with Crippen molar-refractivity contribution in [2.24, 2.45) is 11.1 Å². The Morgan fingerprint density at radius 1 is 1.37 bits per heavy atom. The molecule has 1 saturated carbocycles. The molecule has 11 heteroatoms. The summed E-state index contributed by atoms with van der Waals surface area (Å²) in [4.78, 5) is 11.2. The van der Waals surface area contributed by atoms with E-state index in [4.69, 9.17) is 16.7 Å². The number of fused-ring (bicyclic) bond motifs is 1. The third kappa shape index (κ3) is 4.37. The van der Waals surface area contributed by atoms with Crippen LogP contribution in [0.5, 0.6) is 0 Å². The third-order valence-electron chi connectivity index (χ3n) is 5.81. The maximum Gasteiger partial charge on any atom is 0.238 e. The molecule has 1 aromatic heterocycles. The van der Waals surface area contributed by atoms with E-state index >= 15 is 0 Å². The molecule has 4 rings (SSSR count). The van der Waals surface area contributed by atoms with Gasteiger partial charge in [0.25, 0.3) is 0 Å². The van der Waals surface area contributed by atoms with Gasteiger partial charge in [-0.05, 0) is 44.4 Å². The van der Waals surface area contributed by atoms with Crippen LogP contribution in [-0.4, -0.2) is 43.6 Å². The lowest BCUT2D eigenvalue weighted by atomic mass is 9.81. The van der Waals surface area contributed by atoms with Crippen LogP contribution in [0.15, 0.2) is 35.4 Å². The maximum atomic E-state index is 11.6. The summed E-state index contributed by atoms with van der Waals surface area (Å²) < 4.78 is 23.2. The number of sulfonamides is 1. The van der Waals surface area contributed by atoms with Crippen LogP contribution in [-0.2, 0) is 10.0 Å². The maximum absolute atomic E-state index is 11.6. The number of aromatic nitrogens is 2. The quantitative estimate of drug-likeness (QED) is 0.525. The van der Waals surface area contributed by atoms with E-state index in [1.54, 1.807) is 18.3 Å². The van der Waals surface area contributed by atoms with Gasteiger partial charge in [-0.3, -0.25) is 10.9 Å². The molecule has 1 aromatic carbocycles. The summed E-state index contributed by atoms with van der Waals surface area (Å²) in [5.41, 5.74) is 7.20. The van der Waals surface area contributed by atoms with Crippen LogP contribution in [0.4, 0.5) is 17.5 Å². The first-order valence-corrected chi connectivity index (χ1v) is 12.0. The van der Waals surface area contributed by atoms with E-state index in [9.17, 15) is 8.42 Å². The minimum absolute atomic E-state index is 0.0198. The van der Waals surface area contributed by atoms with Crippen LogP contribution in [0.2, 0.25) is 5.02 Å². The van der Waals surface area contributed by atoms with Crippen LogP contribution in [0.25, 0.3) is 0 Å². The molecule has 2 aromatic rings. The van der Waals surface area contributed by atoms with E-state index in [-0.39, 0.29) is 4.90 Å². The van der Waals surface area contributed by atoms with Gasteiger partial charge < -0.3 is 10.2 Å². The van der Waals surface area contributed by atoms with Crippen molar-refractivity contribution in [3.63, 3.8) is 0 Å². The first kappa shape index (κ1) is 21.3. The fourth-order valence-electron chi connectivity index (χ4n) is 4.44. The summed E-state index contributed by atoms with van der Waals surface area (Å²) in [6, 6.07) is 7.01. The third-order valence-corrected chi connectivity index (χ3v) is 6.99. The van der Waals surface area contributed by atoms with Crippen molar-refractivity contribution in [1.82, 2.24) is 20.8 Å². The van der Waals surface area contributed by atoms with E-state index < -0.39 is 10.0 Å². The minimum atomic E-state index is -3.79. The molecule has 0 bridgehead atoms. The Hall–Kier alpha value is -1.98. The van der Waals surface area contributed by atoms with Crippen molar-refractivity contribution in [3.8, 4) is 0 Å². The molecule has 3 unspecified atom stereocenters. The Bertz CT molecular complexity index is 1020. The molecule has 1 aliphatic carbocycles. The Labute approximate surface area is 181 Å². The van der Waals surface area contributed by atoms with Gasteiger partial charge in [-0.15, -0.1) is 0 Å². The number of hydrazine groups is 1. The molecule has 3 atom stereocenters. The summed E-state index contributed by atoms with van der Waals surface area (Å²) in [5.74, 6) is 1.50. The van der Waals surface area contributed by atoms with Crippen molar-refractivity contribution >= 4 is 39.1 Å². The zero-order chi connectivity index (χ0) is 21.3. The topological polar surface area (TPSA) is 125 Å². The smallest absolute Gasteiger partial charge is 0.238 e. The highest BCUT2D eigenvalue weighted by Gasteiger charge is 2.40. The number of nitrogens with one attached hydrogen (secondary N) is 3. The monoisotopic (exact) mass is 451 g/mol. The number of nitrogens with zero attached hydrogens (tertiary/aromatic N) is 3. The first-order valence-electron chi connectivity index (χ1n) is 10.0. The molecule has 2 heterocycles. The van der Waals surface area contributed by atoms with Crippen molar-refractivity contribution in [2.45, 2.75) is 43.2 Å². The summed E-state index contributed by atoms with van der Waals surface area (Å²) >= 11 is 6.50. The van der Waals surface area contributed by atoms with Gasteiger partial charge in [0.2, 0.25) is 16.0 Å². The Kier molecular flexibility index (Phi) is 6.12. The summed E-state index contributed by atoms with van der Waals surface area (Å²) in [7, 11) is -3.79. The van der Waals surface area contributed by atoms with Crippen LogP contribution in [0.1, 0.15) is 26.2 Å². The average molecular weight is 452 g/mol. The minimum Gasteiger partial charge on any atom is -0.352 e. The second-order valence-electron chi connectivity index (χ2n) is 7.64. The molecule has 5 N–H and O–H groups in total. The standard InChI is InChI=1S/C19H26ClN7O2S/c1-2-27(17-8-4-7-16-14(17)10-23-26-16)18-15(20)11-22-19(25-18)24-12-5-3-6-13(9-12)30(21,28)29/h3,5-6,9,11,14,16-17,23,26H,2,4,7-8,10H2,1H3,(H2,21,28,29)(H,22,24,25). The van der Waals surface area contributed by atoms with Gasteiger partial charge in [0.1, 0.15) is 5.02 Å². The lowest BCUT2D eigenvalue weighted by molar-refractivity contribution is 0.280. The number of hydrogen-bond donors (Lipinski definition) is 4. The van der Waals surface area contributed by atoms with E-state index in [1.807, 2.05) is 0 Å². The molecule has 1 saturated heterocycles. The summed E-state index contributed by atoms with van der Waals surface area (Å²) in [6.07, 6.45) is 4.96. The number of anilines is 3. The van der Waals surface area contributed by atoms with Crippen molar-refractivity contribution in [3.05, 3.63) is 35.5 Å². The summed E-state index contributed by atoms with van der Waals surface area (Å²) in [6.45, 7) is 3.78. The number of halogens is 1. The molecule has 2 aliphatic rings. The van der Waals surface area contributed by atoms with E-state index in [2.05, 4.69) is 38.0 Å². The Morgan fingerprint density at radius 2 is 2.20 bits per heavy atom. The molecule has 0 spiro atoms. The van der Waals surface area contributed by atoms with Gasteiger partial charge in [0.15, 0.2) is 5.82 Å². The van der Waals surface area contributed by atoms with Gasteiger partial charge in [0.05, 0.1) is 11.1 Å². The highest BCUT2D eigenvalue weighted by atomic mass is 35.5. The number of benzene rings is 1. The fraction of sp³-hybridized carbons (Fsp3) is 0.474. The van der Waals surface area contributed by atoms with Crippen LogP contribution < -0.4 is 26.2 Å². The SMILES string of the molecule is CCN(c1nc(Nc2cccc(S(N)(=O)=O)c2)ncc1Cl)C1CCCC2NNCC21. The van der Waals surface area contributed by atoms with Gasteiger partial charge in [-0.25, -0.2) is 18.5 Å². The molecule has 0 radical (unpaired) electrons. The van der Waals surface area contributed by atoms with Crippen LogP contribution >= 0.6 is 11.6 Å². The zero-order valence-electron chi connectivity index (χ0n) is 16.7. The second kappa shape index (κ2) is 8.64. The number of rotatable bonds is 6. The van der Waals surface area contributed by atoms with Crippen molar-refractivity contribution in [1.29, 1.82) is 0 Å². The largest absolute Gasteiger partial charge is 0.352 e. The lowest BCUT2D eigenvalue weighted by Gasteiger charge is -2.41. The van der Waals surface area contributed by atoms with Crippen LogP contribution in [0, 0.1) is 5.92 Å². The molecule has 1 aliphatic heterocycles. The zero-order valence-corrected chi connectivity index (χ0v) is 18.2. The molecule has 2 fully saturated rings. The first-order chi connectivity index (χ1) is 14.4. The highest BCUT2D eigenvalue weighted by molar-refractivity contribution is 7.89. The predicted molar refractivity (Wildman–Crippen MR) is 117 cm³/mol. The molecule has 162 valence electrons. The number of primary sulfonamides is 1. The Balaban J connectivity index is 1.61. The van der Waals surface area contributed by atoms with Crippen molar-refractivity contribution < 1.29 is 8.42 Å². The van der Waals surface area contributed by atoms with Gasteiger partial charge >= 0.3 is 0 Å². The second-order valence-corrected chi connectivity index (χ2v) is 9.61. The number of hydrogen-bond acceptors (Lipinski definition) is 8. The summed E-state index contributed by atoms with van der Waals surface area (Å²) in [5, 5.41) is 8.77. The number of nitrogens with two attached hydrogens (primary N) is 1. The van der Waals surface area contributed by atoms with Gasteiger partial charge in [-0.1, -0.05) is 17.7 Å². The molecular weight excluding hydrogens is 426 g/mol. The molecule has 0 amide bonds. The fourth-order valence-corrected chi connectivity index (χ4v) is 5.20. The van der Waals surface area contributed by atoms with Crippen molar-refractivity contribution in [2.75, 3.05) is 23.3 Å². The van der Waals surface area contributed by atoms with E-state index in [1.165, 1.54) is 12.1 Å². The lowest BCUT2D eigenvalue weighted by Crippen LogP contribution is -2.49. The molecular formula is C19H26ClN7O2S. The average Bonchev–Trinajstić information content (AvgIpc) is 3.20.